The fourth-order valence-corrected chi connectivity index (χ4v) is 1.94. The van der Waals surface area contributed by atoms with Gasteiger partial charge in [0.05, 0.1) is 12.5 Å². The molecule has 1 aromatic rings. The van der Waals surface area contributed by atoms with Gasteiger partial charge >= 0.3 is 0 Å². The fourth-order valence-electron chi connectivity index (χ4n) is 1.81. The van der Waals surface area contributed by atoms with Crippen LogP contribution in [0.2, 0.25) is 5.02 Å². The SMILES string of the molecule is CCC(C)NC(=O)C(C)NC(=O)CC(O)c1ccc(Cl)cc1. The average molecular weight is 327 g/mol. The van der Waals surface area contributed by atoms with Crippen LogP contribution in [-0.4, -0.2) is 29.0 Å². The first-order valence-corrected chi connectivity index (χ1v) is 7.74. The predicted molar refractivity (Wildman–Crippen MR) is 86.5 cm³/mol. The van der Waals surface area contributed by atoms with Crippen LogP contribution in [0.15, 0.2) is 24.3 Å². The molecule has 0 bridgehead atoms. The summed E-state index contributed by atoms with van der Waals surface area (Å²) < 4.78 is 0. The van der Waals surface area contributed by atoms with Crippen LogP contribution in [0.3, 0.4) is 0 Å². The number of hydrogen-bond acceptors (Lipinski definition) is 3. The third-order valence-electron chi connectivity index (χ3n) is 3.41. The number of nitrogens with one attached hydrogen (secondary N) is 2. The van der Waals surface area contributed by atoms with E-state index < -0.39 is 12.1 Å². The molecule has 0 saturated carbocycles. The Labute approximate surface area is 136 Å². The van der Waals surface area contributed by atoms with E-state index >= 15 is 0 Å². The Morgan fingerprint density at radius 3 is 2.32 bits per heavy atom. The molecule has 3 unspecified atom stereocenters. The van der Waals surface area contributed by atoms with Crippen LogP contribution in [0, 0.1) is 0 Å². The Morgan fingerprint density at radius 1 is 1.18 bits per heavy atom. The minimum absolute atomic E-state index is 0.0616. The van der Waals surface area contributed by atoms with Crippen LogP contribution in [0.5, 0.6) is 0 Å². The van der Waals surface area contributed by atoms with Crippen LogP contribution in [0.1, 0.15) is 45.3 Å². The van der Waals surface area contributed by atoms with Gasteiger partial charge in [-0.1, -0.05) is 30.7 Å². The van der Waals surface area contributed by atoms with Gasteiger partial charge in [-0.2, -0.15) is 0 Å². The van der Waals surface area contributed by atoms with E-state index in [1.165, 1.54) is 0 Å². The number of amides is 2. The van der Waals surface area contributed by atoms with Crippen LogP contribution in [-0.2, 0) is 9.59 Å². The van der Waals surface area contributed by atoms with E-state index in [1.807, 2.05) is 13.8 Å². The lowest BCUT2D eigenvalue weighted by atomic mass is 10.1. The van der Waals surface area contributed by atoms with Gasteiger partial charge in [0.2, 0.25) is 11.8 Å². The average Bonchev–Trinajstić information content (AvgIpc) is 2.47. The second kappa shape index (κ2) is 8.76. The molecular formula is C16H23ClN2O3. The minimum Gasteiger partial charge on any atom is -0.388 e. The molecule has 0 heterocycles. The zero-order valence-electron chi connectivity index (χ0n) is 13.1. The van der Waals surface area contributed by atoms with Crippen molar-refractivity contribution >= 4 is 23.4 Å². The largest absolute Gasteiger partial charge is 0.388 e. The molecule has 0 aliphatic rings. The highest BCUT2D eigenvalue weighted by molar-refractivity contribution is 6.30. The zero-order valence-corrected chi connectivity index (χ0v) is 13.9. The standard InChI is InChI=1S/C16H23ClN2O3/c1-4-10(2)18-16(22)11(3)19-15(21)9-14(20)12-5-7-13(17)8-6-12/h5-8,10-11,14,20H,4,9H2,1-3H3,(H,18,22)(H,19,21). The van der Waals surface area contributed by atoms with Gasteiger partial charge < -0.3 is 15.7 Å². The maximum absolute atomic E-state index is 11.9. The van der Waals surface area contributed by atoms with Crippen molar-refractivity contribution < 1.29 is 14.7 Å². The molecule has 0 spiro atoms. The van der Waals surface area contributed by atoms with Crippen molar-refractivity contribution in [3.8, 4) is 0 Å². The fraction of sp³-hybridized carbons (Fsp3) is 0.500. The molecule has 1 aromatic carbocycles. The number of aliphatic hydroxyl groups excluding tert-OH is 1. The Bertz CT molecular complexity index is 505. The van der Waals surface area contributed by atoms with Crippen LogP contribution < -0.4 is 10.6 Å². The number of rotatable bonds is 7. The van der Waals surface area contributed by atoms with Gasteiger partial charge in [-0.15, -0.1) is 0 Å². The Balaban J connectivity index is 2.48. The number of aliphatic hydroxyl groups is 1. The molecule has 1 rings (SSSR count). The van der Waals surface area contributed by atoms with Crippen molar-refractivity contribution in [2.45, 2.75) is 51.8 Å². The summed E-state index contributed by atoms with van der Waals surface area (Å²) >= 11 is 5.77. The lowest BCUT2D eigenvalue weighted by Crippen LogP contribution is -2.47. The molecule has 2 amide bonds. The lowest BCUT2D eigenvalue weighted by molar-refractivity contribution is -0.130. The van der Waals surface area contributed by atoms with Gasteiger partial charge in [0.25, 0.3) is 0 Å². The highest BCUT2D eigenvalue weighted by atomic mass is 35.5. The molecule has 3 N–H and O–H groups in total. The smallest absolute Gasteiger partial charge is 0.242 e. The van der Waals surface area contributed by atoms with Gasteiger partial charge in [-0.3, -0.25) is 9.59 Å². The Morgan fingerprint density at radius 2 is 1.77 bits per heavy atom. The lowest BCUT2D eigenvalue weighted by Gasteiger charge is -2.18. The molecule has 122 valence electrons. The summed E-state index contributed by atoms with van der Waals surface area (Å²) in [6.07, 6.45) is -0.216. The summed E-state index contributed by atoms with van der Waals surface area (Å²) in [7, 11) is 0. The van der Waals surface area contributed by atoms with Crippen LogP contribution in [0.4, 0.5) is 0 Å². The van der Waals surface area contributed by atoms with Gasteiger partial charge in [0.15, 0.2) is 0 Å². The summed E-state index contributed by atoms with van der Waals surface area (Å²) in [5, 5.41) is 16.0. The second-order valence-corrected chi connectivity index (χ2v) is 5.81. The number of halogens is 1. The molecule has 0 aromatic heterocycles. The van der Waals surface area contributed by atoms with E-state index in [0.29, 0.717) is 10.6 Å². The second-order valence-electron chi connectivity index (χ2n) is 5.38. The molecule has 0 fully saturated rings. The van der Waals surface area contributed by atoms with E-state index in [4.69, 9.17) is 11.6 Å². The molecule has 3 atom stereocenters. The maximum atomic E-state index is 11.9. The monoisotopic (exact) mass is 326 g/mol. The van der Waals surface area contributed by atoms with Crippen molar-refractivity contribution in [1.29, 1.82) is 0 Å². The van der Waals surface area contributed by atoms with E-state index in [2.05, 4.69) is 10.6 Å². The number of hydrogen-bond donors (Lipinski definition) is 3. The quantitative estimate of drug-likeness (QED) is 0.718. The predicted octanol–water partition coefficient (Wildman–Crippen LogP) is 2.18. The van der Waals surface area contributed by atoms with E-state index in [-0.39, 0.29) is 24.3 Å². The summed E-state index contributed by atoms with van der Waals surface area (Å²) in [6.45, 7) is 5.48. The molecule has 22 heavy (non-hydrogen) atoms. The van der Waals surface area contributed by atoms with E-state index in [0.717, 1.165) is 6.42 Å². The third-order valence-corrected chi connectivity index (χ3v) is 3.66. The highest BCUT2D eigenvalue weighted by Crippen LogP contribution is 2.19. The molecule has 0 aliphatic carbocycles. The minimum atomic E-state index is -0.929. The van der Waals surface area contributed by atoms with E-state index in [1.54, 1.807) is 31.2 Å². The van der Waals surface area contributed by atoms with Gasteiger partial charge in [0.1, 0.15) is 6.04 Å². The summed E-state index contributed by atoms with van der Waals surface area (Å²) in [4.78, 5) is 23.7. The Hall–Kier alpha value is -1.59. The summed E-state index contributed by atoms with van der Waals surface area (Å²) in [6, 6.07) is 6.06. The molecule has 5 nitrogen and oxygen atoms in total. The maximum Gasteiger partial charge on any atom is 0.242 e. The molecule has 6 heteroatoms. The van der Waals surface area contributed by atoms with Crippen molar-refractivity contribution in [3.05, 3.63) is 34.9 Å². The normalized spacial score (nSPS) is 14.8. The van der Waals surface area contributed by atoms with Crippen molar-refractivity contribution in [2.24, 2.45) is 0 Å². The molecule has 0 saturated heterocycles. The van der Waals surface area contributed by atoms with Crippen molar-refractivity contribution in [3.63, 3.8) is 0 Å². The van der Waals surface area contributed by atoms with Gasteiger partial charge in [-0.05, 0) is 38.0 Å². The molecule has 0 radical (unpaired) electrons. The first kappa shape index (κ1) is 18.5. The molecular weight excluding hydrogens is 304 g/mol. The van der Waals surface area contributed by atoms with Crippen LogP contribution in [0.25, 0.3) is 0 Å². The van der Waals surface area contributed by atoms with Crippen molar-refractivity contribution in [1.82, 2.24) is 10.6 Å². The third kappa shape index (κ3) is 6.03. The first-order chi connectivity index (χ1) is 10.3. The van der Waals surface area contributed by atoms with Gasteiger partial charge in [-0.25, -0.2) is 0 Å². The van der Waals surface area contributed by atoms with Gasteiger partial charge in [0, 0.05) is 11.1 Å². The summed E-state index contributed by atoms with van der Waals surface area (Å²) in [5.74, 6) is -0.613. The number of carbonyl (C=O) groups excluding carboxylic acids is 2. The Kier molecular flexibility index (Phi) is 7.35. The first-order valence-electron chi connectivity index (χ1n) is 7.36. The van der Waals surface area contributed by atoms with Crippen molar-refractivity contribution in [2.75, 3.05) is 0 Å². The summed E-state index contributed by atoms with van der Waals surface area (Å²) in [5.41, 5.74) is 0.608. The zero-order chi connectivity index (χ0) is 16.7. The topological polar surface area (TPSA) is 78.4 Å². The van der Waals surface area contributed by atoms with E-state index in [9.17, 15) is 14.7 Å². The highest BCUT2D eigenvalue weighted by Gasteiger charge is 2.19. The van der Waals surface area contributed by atoms with Crippen LogP contribution >= 0.6 is 11.6 Å². The number of carbonyl (C=O) groups is 2. The molecule has 0 aliphatic heterocycles. The number of benzene rings is 1.